The van der Waals surface area contributed by atoms with Crippen molar-refractivity contribution in [1.82, 2.24) is 15.0 Å². The fraction of sp³-hybridized carbons (Fsp3) is 0.342. The molecule has 9 aromatic rings. The number of aromatic nitrogens is 3. The molecule has 0 unspecified atom stereocenters. The summed E-state index contributed by atoms with van der Waals surface area (Å²) in [6.45, 7) is 12.9. The number of unbranched alkanes of at least 4 members (excludes halogenated alkanes) is 3. The molecule has 0 aliphatic heterocycles. The monoisotopic (exact) mass is 1230 g/mol. The smallest absolute Gasteiger partial charge is 0.252 e. The number of H-pyrrole nitrogens is 3. The van der Waals surface area contributed by atoms with Gasteiger partial charge in [-0.25, -0.2) is 0 Å². The lowest BCUT2D eigenvalue weighted by Crippen LogP contribution is -2.58. The number of carbonyl (C=O) groups excluding carboxylic acids is 6. The summed E-state index contributed by atoms with van der Waals surface area (Å²) in [5.41, 5.74) is 47.2. The van der Waals surface area contributed by atoms with Crippen LogP contribution in [0.2, 0.25) is 0 Å². The molecule has 0 aliphatic rings. The Morgan fingerprint density at radius 2 is 0.626 bits per heavy atom. The largest absolute Gasteiger partial charge is 0.358 e. The van der Waals surface area contributed by atoms with Gasteiger partial charge in [-0.15, -0.1) is 0 Å². The number of aryl methyl sites for hydroxylation is 6. The molecule has 18 N–H and O–H groups in total. The van der Waals surface area contributed by atoms with E-state index >= 15 is 0 Å². The Hall–Kier alpha value is -8.88. The third-order valence-corrected chi connectivity index (χ3v) is 18.4. The minimum Gasteiger partial charge on any atom is -0.358 e. The second-order valence-electron chi connectivity index (χ2n) is 24.8. The van der Waals surface area contributed by atoms with E-state index in [-0.39, 0.29) is 38.5 Å². The number of benzene rings is 6. The van der Waals surface area contributed by atoms with Crippen LogP contribution in [0, 0.1) is 41.5 Å². The second-order valence-corrected chi connectivity index (χ2v) is 24.8. The van der Waals surface area contributed by atoms with E-state index < -0.39 is 57.6 Å². The summed E-state index contributed by atoms with van der Waals surface area (Å²) in [4.78, 5) is 96.9. The van der Waals surface area contributed by atoms with E-state index in [1.165, 1.54) is 0 Å². The minimum atomic E-state index is -1.88. The maximum absolute atomic E-state index is 14.5. The van der Waals surface area contributed by atoms with E-state index in [2.05, 4.69) is 30.9 Å². The average Bonchev–Trinajstić information content (AvgIpc) is 1.76. The van der Waals surface area contributed by atoms with Crippen LogP contribution in [-0.2, 0) is 48.0 Å². The molecule has 0 aliphatic carbocycles. The highest BCUT2D eigenvalue weighted by atomic mass is 16.2. The van der Waals surface area contributed by atoms with E-state index in [4.69, 9.17) is 34.4 Å². The maximum atomic E-state index is 14.5. The summed E-state index contributed by atoms with van der Waals surface area (Å²) in [7, 11) is 0. The molecule has 9 rings (SSSR count). The Balaban J connectivity index is 1.00. The van der Waals surface area contributed by atoms with Crippen molar-refractivity contribution >= 4 is 84.8 Å². The van der Waals surface area contributed by atoms with Crippen LogP contribution >= 0.6 is 0 Å². The molecule has 0 fully saturated rings. The van der Waals surface area contributed by atoms with Gasteiger partial charge >= 0.3 is 0 Å². The SMILES string of the molecule is Cc1[nH]c2c(C)cccc2c1CC(=O)[C@@](N)(CCCCN)C(=O)Nc1ccc(C(c2ccc(NC(=O)[C@](N)(CCCCN)C(=O)Cc3c(C)[nH]c4c(C)cccc34)cc2)c2ccc(NC(=O)[C@](N)(CCCCN)C(=O)Cc3c(C)[nH]c4c(C)cccc34)cc2)cc1. The number of aromatic amines is 3. The Morgan fingerprint density at radius 3 is 0.868 bits per heavy atom. The van der Waals surface area contributed by atoms with Crippen LogP contribution in [0.1, 0.15) is 131 Å². The van der Waals surface area contributed by atoms with Crippen LogP contribution in [0.25, 0.3) is 32.7 Å². The van der Waals surface area contributed by atoms with E-state index in [1.807, 2.05) is 133 Å². The summed E-state index contributed by atoms with van der Waals surface area (Å²) in [5, 5.41) is 11.6. The first-order valence-corrected chi connectivity index (χ1v) is 31.6. The molecular formula is C73H88N12O6. The summed E-state index contributed by atoms with van der Waals surface area (Å²) in [6, 6.07) is 39.5. The van der Waals surface area contributed by atoms with Crippen molar-refractivity contribution in [1.29, 1.82) is 0 Å². The zero-order valence-electron chi connectivity index (χ0n) is 53.2. The molecule has 18 heteroatoms. The fourth-order valence-corrected chi connectivity index (χ4v) is 12.7. The van der Waals surface area contributed by atoms with Crippen molar-refractivity contribution in [2.75, 3.05) is 35.6 Å². The first-order valence-electron chi connectivity index (χ1n) is 31.6. The van der Waals surface area contributed by atoms with E-state index in [0.717, 1.165) is 99.9 Å². The van der Waals surface area contributed by atoms with E-state index in [1.54, 1.807) is 36.4 Å². The molecule has 6 aromatic carbocycles. The third kappa shape index (κ3) is 14.2. The predicted molar refractivity (Wildman–Crippen MR) is 365 cm³/mol. The van der Waals surface area contributed by atoms with Gasteiger partial charge in [0.1, 0.15) is 0 Å². The number of fused-ring (bicyclic) bond motifs is 3. The normalized spacial score (nSPS) is 13.7. The highest BCUT2D eigenvalue weighted by Crippen LogP contribution is 2.36. The van der Waals surface area contributed by atoms with E-state index in [9.17, 15) is 28.8 Å². The van der Waals surface area contributed by atoms with Gasteiger partial charge in [-0.2, -0.15) is 0 Å². The first-order chi connectivity index (χ1) is 43.5. The fourth-order valence-electron chi connectivity index (χ4n) is 12.7. The Kier molecular flexibility index (Phi) is 20.9. The van der Waals surface area contributed by atoms with Crippen molar-refractivity contribution < 1.29 is 28.8 Å². The van der Waals surface area contributed by atoms with Gasteiger partial charge in [0.25, 0.3) is 17.7 Å². The van der Waals surface area contributed by atoms with Crippen molar-refractivity contribution in [3.63, 3.8) is 0 Å². The number of Topliss-reactive ketones (excluding diaryl/α,β-unsaturated/α-hetero) is 3. The zero-order chi connectivity index (χ0) is 65.4. The van der Waals surface area contributed by atoms with Gasteiger partial charge in [0.2, 0.25) is 0 Å². The molecule has 0 spiro atoms. The number of anilines is 3. The number of rotatable bonds is 30. The lowest BCUT2D eigenvalue weighted by atomic mass is 9.83. The molecule has 476 valence electrons. The number of hydrogen-bond acceptors (Lipinski definition) is 12. The van der Waals surface area contributed by atoms with Crippen LogP contribution in [0.4, 0.5) is 17.1 Å². The summed E-state index contributed by atoms with van der Waals surface area (Å²) in [5.74, 6) is -3.66. The molecule has 18 nitrogen and oxygen atoms in total. The van der Waals surface area contributed by atoms with Crippen molar-refractivity contribution in [2.45, 2.75) is 141 Å². The maximum Gasteiger partial charge on any atom is 0.252 e. The number of ketones is 3. The number of amides is 3. The van der Waals surface area contributed by atoms with Crippen LogP contribution in [0.3, 0.4) is 0 Å². The summed E-state index contributed by atoms with van der Waals surface area (Å²) < 4.78 is 0. The van der Waals surface area contributed by atoms with Gasteiger partial charge in [0.15, 0.2) is 34.0 Å². The second kappa shape index (κ2) is 28.5. The number of nitrogens with two attached hydrogens (primary N) is 6. The van der Waals surface area contributed by atoms with Crippen molar-refractivity contribution in [3.05, 3.63) is 195 Å². The van der Waals surface area contributed by atoms with Gasteiger partial charge in [0, 0.05) is 92.0 Å². The van der Waals surface area contributed by atoms with Gasteiger partial charge < -0.3 is 65.3 Å². The third-order valence-electron chi connectivity index (χ3n) is 18.4. The number of hydrogen-bond donors (Lipinski definition) is 12. The average molecular weight is 1230 g/mol. The van der Waals surface area contributed by atoms with Gasteiger partial charge in [-0.1, -0.05) is 91.0 Å². The predicted octanol–water partition coefficient (Wildman–Crippen LogP) is 9.89. The van der Waals surface area contributed by atoms with Crippen LogP contribution in [0.15, 0.2) is 127 Å². The molecule has 3 heterocycles. The van der Waals surface area contributed by atoms with Crippen LogP contribution < -0.4 is 50.4 Å². The van der Waals surface area contributed by atoms with Gasteiger partial charge in [-0.05, 0) is 205 Å². The van der Waals surface area contributed by atoms with E-state index in [0.29, 0.717) is 75.2 Å². The van der Waals surface area contributed by atoms with Gasteiger partial charge in [-0.3, -0.25) is 28.8 Å². The Labute approximate surface area is 531 Å². The number of nitrogens with one attached hydrogen (secondary N) is 6. The Bertz CT molecular complexity index is 3720. The van der Waals surface area contributed by atoms with Gasteiger partial charge in [0.05, 0.1) is 0 Å². The number of para-hydroxylation sites is 3. The quantitative estimate of drug-likeness (QED) is 0.0114. The van der Waals surface area contributed by atoms with Crippen molar-refractivity contribution in [3.8, 4) is 0 Å². The summed E-state index contributed by atoms with van der Waals surface area (Å²) in [6.07, 6.45) is 3.21. The zero-order valence-corrected chi connectivity index (χ0v) is 53.2. The van der Waals surface area contributed by atoms with Crippen molar-refractivity contribution in [2.24, 2.45) is 34.4 Å². The lowest BCUT2D eigenvalue weighted by Gasteiger charge is -2.28. The molecular weight excluding hydrogens is 1140 g/mol. The minimum absolute atomic E-state index is 0.0516. The molecule has 3 amide bonds. The Morgan fingerprint density at radius 1 is 0.374 bits per heavy atom. The highest BCUT2D eigenvalue weighted by molar-refractivity contribution is 6.18. The standard InChI is InChI=1S/C73H88N12O6/c1-43-16-13-19-55-58(46(4)80-65(43)55)40-61(86)71(77,34-7-10-37-74)68(89)83-52-28-22-49(23-29-52)64(50-24-30-53(31-25-50)84-69(90)72(78,35-8-11-38-75)62(87)41-59-47(5)81-66-44(2)17-14-20-56(59)66)51-26-32-54(33-27-51)85-70(91)73(79,36-9-12-39-76)63(88)42-60-48(6)82-67-45(3)18-15-21-57(60)67/h13-33,64,80-82H,7-12,34-42,74-79H2,1-6H3,(H,83,89)(H,84,90)(H,85,91)/t71-,72-,73-/m0/s1. The molecule has 3 atom stereocenters. The molecule has 0 saturated carbocycles. The first kappa shape index (κ1) is 66.5. The lowest BCUT2D eigenvalue weighted by molar-refractivity contribution is -0.134. The molecule has 0 saturated heterocycles. The molecule has 0 radical (unpaired) electrons. The van der Waals surface area contributed by atoms with Crippen LogP contribution in [0.5, 0.6) is 0 Å². The summed E-state index contributed by atoms with van der Waals surface area (Å²) >= 11 is 0. The molecule has 0 bridgehead atoms. The van der Waals surface area contributed by atoms with Crippen LogP contribution in [-0.4, -0.2) is 86.3 Å². The highest BCUT2D eigenvalue weighted by Gasteiger charge is 2.44. The number of carbonyl (C=O) groups is 6. The molecule has 3 aromatic heterocycles. The topological polar surface area (TPSA) is 342 Å². The molecule has 91 heavy (non-hydrogen) atoms.